The van der Waals surface area contributed by atoms with Crippen LogP contribution in [0, 0.1) is 5.92 Å². The normalized spacial score (nSPS) is 21.9. The summed E-state index contributed by atoms with van der Waals surface area (Å²) >= 11 is 3.48. The lowest BCUT2D eigenvalue weighted by Crippen LogP contribution is -2.41. The van der Waals surface area contributed by atoms with E-state index in [-0.39, 0.29) is 24.0 Å². The van der Waals surface area contributed by atoms with E-state index in [9.17, 15) is 0 Å². The summed E-state index contributed by atoms with van der Waals surface area (Å²) in [6.07, 6.45) is 5.47. The fourth-order valence-electron chi connectivity index (χ4n) is 3.80. The van der Waals surface area contributed by atoms with Crippen LogP contribution < -0.4 is 5.32 Å². The molecule has 1 N–H and O–H groups in total. The summed E-state index contributed by atoms with van der Waals surface area (Å²) in [4.78, 5) is 9.58. The predicted octanol–water partition coefficient (Wildman–Crippen LogP) is 3.95. The van der Waals surface area contributed by atoms with Crippen molar-refractivity contribution in [3.63, 3.8) is 0 Å². The van der Waals surface area contributed by atoms with Gasteiger partial charge in [0.15, 0.2) is 5.96 Å². The largest absolute Gasteiger partial charge is 0.352 e. The van der Waals surface area contributed by atoms with E-state index < -0.39 is 0 Å². The maximum absolute atomic E-state index is 4.49. The molecule has 1 unspecified atom stereocenters. The van der Waals surface area contributed by atoms with Crippen LogP contribution >= 0.6 is 39.9 Å². The van der Waals surface area contributed by atoms with Gasteiger partial charge in [0.25, 0.3) is 0 Å². The highest BCUT2D eigenvalue weighted by Gasteiger charge is 2.26. The lowest BCUT2D eigenvalue weighted by Gasteiger charge is -2.29. The quantitative estimate of drug-likeness (QED) is 0.370. The molecule has 0 bridgehead atoms. The second kappa shape index (κ2) is 10.7. The molecule has 0 aromatic heterocycles. The van der Waals surface area contributed by atoms with Crippen LogP contribution in [0.25, 0.3) is 0 Å². The number of rotatable bonds is 4. The zero-order valence-electron chi connectivity index (χ0n) is 15.1. The summed E-state index contributed by atoms with van der Waals surface area (Å²) in [5.74, 6) is 1.83. The number of likely N-dealkylation sites (tertiary alicyclic amines) is 2. The minimum atomic E-state index is 0. The number of hydrogen-bond acceptors (Lipinski definition) is 2. The molecule has 0 aliphatic carbocycles. The number of guanidine groups is 1. The van der Waals surface area contributed by atoms with Gasteiger partial charge in [-0.25, -0.2) is 0 Å². The van der Waals surface area contributed by atoms with Crippen molar-refractivity contribution in [2.75, 3.05) is 39.8 Å². The van der Waals surface area contributed by atoms with Crippen molar-refractivity contribution < 1.29 is 0 Å². The van der Waals surface area contributed by atoms with Crippen LogP contribution in [0.15, 0.2) is 33.7 Å². The molecular formula is C19H30BrIN4. The highest BCUT2D eigenvalue weighted by Crippen LogP contribution is 2.20. The third-order valence-electron chi connectivity index (χ3n) is 5.13. The highest BCUT2D eigenvalue weighted by molar-refractivity contribution is 14.0. The maximum Gasteiger partial charge on any atom is 0.193 e. The van der Waals surface area contributed by atoms with Gasteiger partial charge in [-0.05, 0) is 56.0 Å². The molecule has 1 atom stereocenters. The van der Waals surface area contributed by atoms with E-state index in [1.54, 1.807) is 0 Å². The number of aliphatic imine (C=N–C) groups is 1. The molecule has 1 aromatic rings. The number of benzene rings is 1. The number of hydrogen-bond donors (Lipinski definition) is 1. The van der Waals surface area contributed by atoms with E-state index in [2.05, 4.69) is 60.3 Å². The van der Waals surface area contributed by atoms with E-state index in [0.29, 0.717) is 0 Å². The summed E-state index contributed by atoms with van der Waals surface area (Å²) < 4.78 is 1.12. The van der Waals surface area contributed by atoms with Crippen LogP contribution in [-0.4, -0.2) is 55.5 Å². The topological polar surface area (TPSA) is 30.9 Å². The highest BCUT2D eigenvalue weighted by atomic mass is 127. The molecule has 6 heteroatoms. The van der Waals surface area contributed by atoms with E-state index in [0.717, 1.165) is 36.0 Å². The zero-order chi connectivity index (χ0) is 16.8. The molecule has 140 valence electrons. The van der Waals surface area contributed by atoms with Gasteiger partial charge in [0.05, 0.1) is 0 Å². The molecule has 0 spiro atoms. The molecule has 25 heavy (non-hydrogen) atoms. The summed E-state index contributed by atoms with van der Waals surface area (Å²) in [6.45, 7) is 6.95. The number of nitrogens with one attached hydrogen (secondary N) is 1. The second-order valence-corrected chi connectivity index (χ2v) is 7.90. The Bertz CT molecular complexity index is 543. The SMILES string of the molecule is CN=C(NCc1ccc(Br)cc1)N1CCC(CN2CCCCC2)C1.I. The smallest absolute Gasteiger partial charge is 0.193 e. The van der Waals surface area contributed by atoms with Gasteiger partial charge in [0.1, 0.15) is 0 Å². The van der Waals surface area contributed by atoms with Crippen LogP contribution in [-0.2, 0) is 6.54 Å². The average Bonchev–Trinajstić information content (AvgIpc) is 3.06. The van der Waals surface area contributed by atoms with Crippen LogP contribution in [0.1, 0.15) is 31.2 Å². The van der Waals surface area contributed by atoms with Crippen LogP contribution in [0.4, 0.5) is 0 Å². The van der Waals surface area contributed by atoms with Gasteiger partial charge in [0.2, 0.25) is 0 Å². The summed E-state index contributed by atoms with van der Waals surface area (Å²) in [5.41, 5.74) is 1.28. The van der Waals surface area contributed by atoms with Gasteiger partial charge in [-0.2, -0.15) is 0 Å². The molecule has 2 heterocycles. The molecule has 3 rings (SSSR count). The van der Waals surface area contributed by atoms with Crippen LogP contribution in [0.2, 0.25) is 0 Å². The molecule has 0 saturated carbocycles. The minimum Gasteiger partial charge on any atom is -0.352 e. The first kappa shape index (κ1) is 21.0. The molecule has 2 saturated heterocycles. The Labute approximate surface area is 177 Å². The first-order valence-corrected chi connectivity index (χ1v) is 9.96. The monoisotopic (exact) mass is 520 g/mol. The minimum absolute atomic E-state index is 0. The predicted molar refractivity (Wildman–Crippen MR) is 120 cm³/mol. The Morgan fingerprint density at radius 2 is 1.88 bits per heavy atom. The van der Waals surface area contributed by atoms with Gasteiger partial charge < -0.3 is 15.1 Å². The summed E-state index contributed by atoms with van der Waals surface area (Å²) in [6, 6.07) is 8.47. The standard InChI is InChI=1S/C19H29BrN4.HI/c1-21-19(22-13-16-5-7-18(20)8-6-16)24-12-9-17(15-24)14-23-10-3-2-4-11-23;/h5-8,17H,2-4,9-15H2,1H3,(H,21,22);1H. The molecule has 2 aliphatic rings. The van der Waals surface area contributed by atoms with Gasteiger partial charge in [-0.1, -0.05) is 34.5 Å². The second-order valence-electron chi connectivity index (χ2n) is 6.99. The van der Waals surface area contributed by atoms with E-state index >= 15 is 0 Å². The lowest BCUT2D eigenvalue weighted by atomic mass is 10.1. The summed E-state index contributed by atoms with van der Waals surface area (Å²) in [5, 5.41) is 3.52. The van der Waals surface area contributed by atoms with Gasteiger partial charge >= 0.3 is 0 Å². The van der Waals surface area contributed by atoms with Crippen molar-refractivity contribution in [1.82, 2.24) is 15.1 Å². The molecule has 2 fully saturated rings. The molecule has 0 amide bonds. The fourth-order valence-corrected chi connectivity index (χ4v) is 4.06. The lowest BCUT2D eigenvalue weighted by molar-refractivity contribution is 0.198. The Balaban J connectivity index is 0.00000225. The van der Waals surface area contributed by atoms with E-state index in [1.807, 2.05) is 7.05 Å². The van der Waals surface area contributed by atoms with Crippen molar-refractivity contribution in [2.45, 2.75) is 32.2 Å². The van der Waals surface area contributed by atoms with Crippen molar-refractivity contribution in [3.8, 4) is 0 Å². The van der Waals surface area contributed by atoms with Gasteiger partial charge in [-0.3, -0.25) is 4.99 Å². The van der Waals surface area contributed by atoms with Gasteiger partial charge in [0, 0.05) is 37.7 Å². The third-order valence-corrected chi connectivity index (χ3v) is 5.65. The van der Waals surface area contributed by atoms with Crippen LogP contribution in [0.3, 0.4) is 0 Å². The number of nitrogens with zero attached hydrogens (tertiary/aromatic N) is 3. The van der Waals surface area contributed by atoms with Crippen molar-refractivity contribution >= 4 is 45.9 Å². The van der Waals surface area contributed by atoms with Crippen molar-refractivity contribution in [2.24, 2.45) is 10.9 Å². The van der Waals surface area contributed by atoms with Crippen molar-refractivity contribution in [1.29, 1.82) is 0 Å². The first-order chi connectivity index (χ1) is 11.7. The Morgan fingerprint density at radius 3 is 2.56 bits per heavy atom. The van der Waals surface area contributed by atoms with Gasteiger partial charge in [-0.15, -0.1) is 24.0 Å². The average molecular weight is 521 g/mol. The number of halogens is 2. The first-order valence-electron chi connectivity index (χ1n) is 9.17. The van der Waals surface area contributed by atoms with E-state index in [4.69, 9.17) is 0 Å². The molecule has 1 aromatic carbocycles. The maximum atomic E-state index is 4.49. The molecular weight excluding hydrogens is 491 g/mol. The molecule has 2 aliphatic heterocycles. The molecule has 0 radical (unpaired) electrons. The summed E-state index contributed by atoms with van der Waals surface area (Å²) in [7, 11) is 1.89. The van der Waals surface area contributed by atoms with Crippen LogP contribution in [0.5, 0.6) is 0 Å². The Morgan fingerprint density at radius 1 is 1.16 bits per heavy atom. The van der Waals surface area contributed by atoms with Crippen molar-refractivity contribution in [3.05, 3.63) is 34.3 Å². The van der Waals surface area contributed by atoms with E-state index in [1.165, 1.54) is 50.9 Å². The Kier molecular flexibility index (Phi) is 8.99. The fraction of sp³-hybridized carbons (Fsp3) is 0.632. The number of piperidine rings is 1. The third kappa shape index (κ3) is 6.40. The molecule has 4 nitrogen and oxygen atoms in total. The zero-order valence-corrected chi connectivity index (χ0v) is 19.0. The Hall–Kier alpha value is -0.340.